The number of anilines is 1. The molecular weight excluding hydrogens is 348 g/mol. The SMILES string of the molecule is C/C(=C/C#N)c1cc(OC(C)C)ccc1NS(=O)(=O)c1ccc(C)cc1. The fourth-order valence-corrected chi connectivity index (χ4v) is 3.46. The van der Waals surface area contributed by atoms with Gasteiger partial charge >= 0.3 is 0 Å². The van der Waals surface area contributed by atoms with Gasteiger partial charge in [0.15, 0.2) is 0 Å². The van der Waals surface area contributed by atoms with Crippen molar-refractivity contribution in [3.8, 4) is 11.8 Å². The maximum atomic E-state index is 12.7. The van der Waals surface area contributed by atoms with Crippen LogP contribution in [0.4, 0.5) is 5.69 Å². The lowest BCUT2D eigenvalue weighted by molar-refractivity contribution is 0.242. The van der Waals surface area contributed by atoms with Crippen LogP contribution in [-0.2, 0) is 10.0 Å². The molecule has 0 aliphatic rings. The van der Waals surface area contributed by atoms with E-state index in [9.17, 15) is 8.42 Å². The van der Waals surface area contributed by atoms with Gasteiger partial charge in [0.25, 0.3) is 10.0 Å². The van der Waals surface area contributed by atoms with Crippen molar-refractivity contribution in [2.45, 2.75) is 38.7 Å². The number of hydrogen-bond donors (Lipinski definition) is 1. The highest BCUT2D eigenvalue weighted by molar-refractivity contribution is 7.92. The first-order chi connectivity index (χ1) is 12.2. The zero-order valence-corrected chi connectivity index (χ0v) is 16.1. The molecule has 6 heteroatoms. The number of nitrogens with zero attached hydrogens (tertiary/aromatic N) is 1. The molecule has 2 rings (SSSR count). The number of hydrogen-bond acceptors (Lipinski definition) is 4. The number of benzene rings is 2. The maximum absolute atomic E-state index is 12.7. The van der Waals surface area contributed by atoms with Gasteiger partial charge in [0.05, 0.1) is 22.8 Å². The van der Waals surface area contributed by atoms with Crippen LogP contribution in [0.5, 0.6) is 5.75 Å². The van der Waals surface area contributed by atoms with E-state index < -0.39 is 10.0 Å². The highest BCUT2D eigenvalue weighted by atomic mass is 32.2. The van der Waals surface area contributed by atoms with E-state index in [0.29, 0.717) is 22.6 Å². The summed E-state index contributed by atoms with van der Waals surface area (Å²) in [6.07, 6.45) is 1.36. The van der Waals surface area contributed by atoms with E-state index in [2.05, 4.69) is 4.72 Å². The largest absolute Gasteiger partial charge is 0.491 e. The first-order valence-corrected chi connectivity index (χ1v) is 9.68. The third kappa shape index (κ3) is 4.87. The van der Waals surface area contributed by atoms with Crippen molar-refractivity contribution < 1.29 is 13.2 Å². The van der Waals surface area contributed by atoms with Crippen LogP contribution in [0.2, 0.25) is 0 Å². The first kappa shape index (κ1) is 19.5. The zero-order valence-electron chi connectivity index (χ0n) is 15.3. The lowest BCUT2D eigenvalue weighted by atomic mass is 10.0. The Morgan fingerprint density at radius 3 is 2.42 bits per heavy atom. The second-order valence-electron chi connectivity index (χ2n) is 6.25. The van der Waals surface area contributed by atoms with Gasteiger partial charge in [-0.2, -0.15) is 5.26 Å². The Morgan fingerprint density at radius 1 is 1.19 bits per heavy atom. The molecule has 0 aliphatic carbocycles. The van der Waals surface area contributed by atoms with Crippen molar-refractivity contribution in [1.82, 2.24) is 0 Å². The second-order valence-corrected chi connectivity index (χ2v) is 7.93. The molecule has 0 saturated carbocycles. The lowest BCUT2D eigenvalue weighted by Gasteiger charge is -2.16. The van der Waals surface area contributed by atoms with Crippen LogP contribution in [0, 0.1) is 18.3 Å². The van der Waals surface area contributed by atoms with E-state index in [1.54, 1.807) is 49.4 Å². The minimum Gasteiger partial charge on any atom is -0.491 e. The van der Waals surface area contributed by atoms with E-state index in [0.717, 1.165) is 5.56 Å². The molecule has 0 radical (unpaired) electrons. The average molecular weight is 370 g/mol. The molecule has 136 valence electrons. The third-order valence-electron chi connectivity index (χ3n) is 3.64. The summed E-state index contributed by atoms with van der Waals surface area (Å²) in [4.78, 5) is 0.179. The Labute approximate surface area is 155 Å². The van der Waals surface area contributed by atoms with Crippen molar-refractivity contribution in [2.24, 2.45) is 0 Å². The smallest absolute Gasteiger partial charge is 0.261 e. The van der Waals surface area contributed by atoms with Crippen LogP contribution in [0.15, 0.2) is 53.4 Å². The fraction of sp³-hybridized carbons (Fsp3) is 0.250. The summed E-state index contributed by atoms with van der Waals surface area (Å²) in [5, 5.41) is 8.94. The molecule has 1 N–H and O–H groups in total. The molecule has 2 aromatic carbocycles. The number of ether oxygens (including phenoxy) is 1. The highest BCUT2D eigenvalue weighted by Gasteiger charge is 2.17. The van der Waals surface area contributed by atoms with Gasteiger partial charge in [0, 0.05) is 11.6 Å². The van der Waals surface area contributed by atoms with Crippen LogP contribution >= 0.6 is 0 Å². The molecular formula is C20H22N2O3S. The number of aryl methyl sites for hydroxylation is 1. The number of sulfonamides is 1. The van der Waals surface area contributed by atoms with Gasteiger partial charge in [0.1, 0.15) is 5.75 Å². The molecule has 0 atom stereocenters. The molecule has 26 heavy (non-hydrogen) atoms. The van der Waals surface area contributed by atoms with E-state index >= 15 is 0 Å². The second kappa shape index (κ2) is 8.07. The van der Waals surface area contributed by atoms with E-state index in [1.165, 1.54) is 6.08 Å². The Hall–Kier alpha value is -2.78. The Balaban J connectivity index is 2.46. The van der Waals surface area contributed by atoms with Gasteiger partial charge in [-0.05, 0) is 63.6 Å². The molecule has 0 fully saturated rings. The molecule has 5 nitrogen and oxygen atoms in total. The molecule has 0 aromatic heterocycles. The van der Waals surface area contributed by atoms with Crippen molar-refractivity contribution in [3.63, 3.8) is 0 Å². The quantitative estimate of drug-likeness (QED) is 0.759. The van der Waals surface area contributed by atoms with Gasteiger partial charge in [0.2, 0.25) is 0 Å². The number of nitrogens with one attached hydrogen (secondary N) is 1. The Kier molecular flexibility index (Phi) is 6.06. The van der Waals surface area contributed by atoms with Crippen LogP contribution in [0.1, 0.15) is 31.9 Å². The van der Waals surface area contributed by atoms with Crippen LogP contribution in [-0.4, -0.2) is 14.5 Å². The summed E-state index contributed by atoms with van der Waals surface area (Å²) in [7, 11) is -3.74. The van der Waals surface area contributed by atoms with Gasteiger partial charge in [-0.25, -0.2) is 8.42 Å². The van der Waals surface area contributed by atoms with Gasteiger partial charge in [-0.1, -0.05) is 17.7 Å². The summed E-state index contributed by atoms with van der Waals surface area (Å²) in [6, 6.07) is 13.7. The molecule has 0 heterocycles. The predicted octanol–water partition coefficient (Wildman–Crippen LogP) is 4.51. The highest BCUT2D eigenvalue weighted by Crippen LogP contribution is 2.30. The van der Waals surface area contributed by atoms with Crippen molar-refractivity contribution in [3.05, 3.63) is 59.7 Å². The Bertz CT molecular complexity index is 954. The number of rotatable bonds is 6. The molecule has 0 bridgehead atoms. The molecule has 0 aliphatic heterocycles. The predicted molar refractivity (Wildman–Crippen MR) is 103 cm³/mol. The topological polar surface area (TPSA) is 79.2 Å². The van der Waals surface area contributed by atoms with Crippen LogP contribution < -0.4 is 9.46 Å². The standard InChI is InChI=1S/C20H22N2O3S/c1-14(2)25-17-7-10-20(19(13-17)16(4)11-12-21)22-26(23,24)18-8-5-15(3)6-9-18/h5-11,13-14,22H,1-4H3/b16-11-. The van der Waals surface area contributed by atoms with Gasteiger partial charge < -0.3 is 4.74 Å². The normalized spacial score (nSPS) is 11.9. The Morgan fingerprint density at radius 2 is 1.85 bits per heavy atom. The molecule has 2 aromatic rings. The third-order valence-corrected chi connectivity index (χ3v) is 5.03. The first-order valence-electron chi connectivity index (χ1n) is 8.20. The van der Waals surface area contributed by atoms with Crippen molar-refractivity contribution >= 4 is 21.3 Å². The van der Waals surface area contributed by atoms with E-state index in [4.69, 9.17) is 10.00 Å². The minimum absolute atomic E-state index is 0.0156. The van der Waals surface area contributed by atoms with Gasteiger partial charge in [-0.3, -0.25) is 4.72 Å². The van der Waals surface area contributed by atoms with Crippen molar-refractivity contribution in [2.75, 3.05) is 4.72 Å². The molecule has 0 saturated heterocycles. The summed E-state index contributed by atoms with van der Waals surface area (Å²) in [5.74, 6) is 0.610. The average Bonchev–Trinajstić information content (AvgIpc) is 2.56. The summed E-state index contributed by atoms with van der Waals surface area (Å²) < 4.78 is 33.7. The van der Waals surface area contributed by atoms with Crippen molar-refractivity contribution in [1.29, 1.82) is 5.26 Å². The zero-order chi connectivity index (χ0) is 19.3. The van der Waals surface area contributed by atoms with Crippen LogP contribution in [0.3, 0.4) is 0 Å². The summed E-state index contributed by atoms with van der Waals surface area (Å²) in [5.41, 5.74) is 2.61. The monoisotopic (exact) mass is 370 g/mol. The number of allylic oxidation sites excluding steroid dienone is 2. The minimum atomic E-state index is -3.74. The lowest BCUT2D eigenvalue weighted by Crippen LogP contribution is -2.14. The fourth-order valence-electron chi connectivity index (χ4n) is 2.38. The van der Waals surface area contributed by atoms with E-state index in [-0.39, 0.29) is 11.0 Å². The van der Waals surface area contributed by atoms with Gasteiger partial charge in [-0.15, -0.1) is 0 Å². The molecule has 0 amide bonds. The van der Waals surface area contributed by atoms with Crippen LogP contribution in [0.25, 0.3) is 5.57 Å². The maximum Gasteiger partial charge on any atom is 0.261 e. The molecule has 0 spiro atoms. The van der Waals surface area contributed by atoms with E-state index in [1.807, 2.05) is 26.8 Å². The summed E-state index contributed by atoms with van der Waals surface area (Å²) in [6.45, 7) is 7.46. The summed E-state index contributed by atoms with van der Waals surface area (Å²) >= 11 is 0. The molecule has 0 unspecified atom stereocenters. The number of nitriles is 1.